The van der Waals surface area contributed by atoms with E-state index in [4.69, 9.17) is 27.9 Å². The van der Waals surface area contributed by atoms with Gasteiger partial charge in [0.2, 0.25) is 5.78 Å². The summed E-state index contributed by atoms with van der Waals surface area (Å²) in [6.07, 6.45) is 0.274. The minimum Gasteiger partial charge on any atom is -0.457 e. The average molecular weight is 446 g/mol. The summed E-state index contributed by atoms with van der Waals surface area (Å²) >= 11 is 11.9. The molecule has 3 rings (SSSR count). The number of nitrogens with zero attached hydrogens (tertiary/aromatic N) is 1. The molecule has 1 unspecified atom stereocenters. The number of halogens is 4. The average Bonchev–Trinajstić information content (AvgIpc) is 3.01. The van der Waals surface area contributed by atoms with Crippen LogP contribution in [0.1, 0.15) is 35.1 Å². The van der Waals surface area contributed by atoms with Crippen LogP contribution in [0, 0.1) is 19.3 Å². The summed E-state index contributed by atoms with van der Waals surface area (Å²) in [6, 6.07) is 7.75. The van der Waals surface area contributed by atoms with E-state index >= 15 is 0 Å². The van der Waals surface area contributed by atoms with E-state index in [9.17, 15) is 18.4 Å². The molecule has 9 heteroatoms. The molecular weight excluding hydrogens is 427 g/mol. The van der Waals surface area contributed by atoms with E-state index in [1.807, 2.05) is 0 Å². The SMILES string of the molecule is Cc1cc(C(=O)COC(=O)C2(C)CC2(Cl)Cl)c(C)n1-c1ccc(OC(F)F)cc1. The summed E-state index contributed by atoms with van der Waals surface area (Å²) < 4.78 is 34.7. The van der Waals surface area contributed by atoms with Crippen LogP contribution in [-0.2, 0) is 9.53 Å². The molecular formula is C20H19Cl2F2NO4. The highest BCUT2D eigenvalue weighted by Gasteiger charge is 2.69. The molecule has 2 aromatic rings. The molecule has 0 aliphatic heterocycles. The van der Waals surface area contributed by atoms with Gasteiger partial charge in [0.25, 0.3) is 0 Å². The Labute approximate surface area is 176 Å². The van der Waals surface area contributed by atoms with Crippen molar-refractivity contribution in [3.63, 3.8) is 0 Å². The number of ether oxygens (including phenoxy) is 2. The summed E-state index contributed by atoms with van der Waals surface area (Å²) in [5.74, 6) is -0.939. The Kier molecular flexibility index (Phi) is 5.66. The summed E-state index contributed by atoms with van der Waals surface area (Å²) in [7, 11) is 0. The third-order valence-corrected chi connectivity index (χ3v) is 6.20. The third-order valence-electron chi connectivity index (χ3n) is 5.09. The zero-order chi connectivity index (χ0) is 21.6. The van der Waals surface area contributed by atoms with Crippen LogP contribution in [0.25, 0.3) is 5.69 Å². The van der Waals surface area contributed by atoms with Crippen molar-refractivity contribution in [3.05, 3.63) is 47.3 Å². The predicted octanol–water partition coefficient (Wildman–Crippen LogP) is 5.01. The number of alkyl halides is 4. The number of benzene rings is 1. The van der Waals surface area contributed by atoms with Gasteiger partial charge in [-0.05, 0) is 51.1 Å². The van der Waals surface area contributed by atoms with E-state index in [1.165, 1.54) is 12.1 Å². The van der Waals surface area contributed by atoms with E-state index in [-0.39, 0.29) is 18.0 Å². The van der Waals surface area contributed by atoms with Gasteiger partial charge in [-0.2, -0.15) is 8.78 Å². The second-order valence-corrected chi connectivity index (χ2v) is 8.69. The summed E-state index contributed by atoms with van der Waals surface area (Å²) in [5, 5.41) is 0. The quantitative estimate of drug-likeness (QED) is 0.341. The number of Topliss-reactive ketones (excluding diaryl/α,β-unsaturated/α-hetero) is 1. The van der Waals surface area contributed by atoms with Gasteiger partial charge in [-0.25, -0.2) is 0 Å². The zero-order valence-electron chi connectivity index (χ0n) is 16.0. The van der Waals surface area contributed by atoms with Crippen molar-refractivity contribution in [1.29, 1.82) is 0 Å². The fraction of sp³-hybridized carbons (Fsp3) is 0.400. The number of carbonyl (C=O) groups is 2. The zero-order valence-corrected chi connectivity index (χ0v) is 17.5. The Balaban J connectivity index is 1.73. The highest BCUT2D eigenvalue weighted by Crippen LogP contribution is 2.64. The fourth-order valence-corrected chi connectivity index (χ4v) is 3.90. The normalized spacial score (nSPS) is 19.9. The van der Waals surface area contributed by atoms with Crippen LogP contribution in [0.2, 0.25) is 0 Å². The Morgan fingerprint density at radius 1 is 1.21 bits per heavy atom. The number of aryl methyl sites for hydroxylation is 1. The number of ketones is 1. The predicted molar refractivity (Wildman–Crippen MR) is 104 cm³/mol. The topological polar surface area (TPSA) is 57.5 Å². The Hall–Kier alpha value is -2.12. The van der Waals surface area contributed by atoms with E-state index in [2.05, 4.69) is 4.74 Å². The molecule has 29 heavy (non-hydrogen) atoms. The fourth-order valence-electron chi connectivity index (χ4n) is 3.21. The number of hydrogen-bond donors (Lipinski definition) is 0. The molecule has 5 nitrogen and oxygen atoms in total. The molecule has 156 valence electrons. The molecule has 1 saturated carbocycles. The molecule has 1 aliphatic carbocycles. The molecule has 0 spiro atoms. The lowest BCUT2D eigenvalue weighted by Gasteiger charge is -2.12. The van der Waals surface area contributed by atoms with Gasteiger partial charge in [0, 0.05) is 29.1 Å². The van der Waals surface area contributed by atoms with Crippen LogP contribution in [0.5, 0.6) is 5.75 Å². The Morgan fingerprint density at radius 3 is 2.31 bits per heavy atom. The number of carbonyl (C=O) groups excluding carboxylic acids is 2. The van der Waals surface area contributed by atoms with Crippen molar-refractivity contribution in [2.75, 3.05) is 6.61 Å². The van der Waals surface area contributed by atoms with Crippen LogP contribution in [-0.4, -0.2) is 33.9 Å². The first-order valence-corrected chi connectivity index (χ1v) is 9.54. The van der Waals surface area contributed by atoms with E-state index < -0.39 is 28.9 Å². The van der Waals surface area contributed by atoms with Crippen LogP contribution in [0.15, 0.2) is 30.3 Å². The minimum absolute atomic E-state index is 0.0395. The number of aromatic nitrogens is 1. The molecule has 1 aliphatic rings. The minimum atomic E-state index is -2.90. The van der Waals surface area contributed by atoms with Crippen molar-refractivity contribution >= 4 is 35.0 Å². The van der Waals surface area contributed by atoms with Gasteiger partial charge in [0.1, 0.15) is 15.5 Å². The van der Waals surface area contributed by atoms with E-state index in [0.717, 1.165) is 5.69 Å². The smallest absolute Gasteiger partial charge is 0.387 e. The van der Waals surface area contributed by atoms with Gasteiger partial charge in [-0.15, -0.1) is 23.2 Å². The van der Waals surface area contributed by atoms with Crippen LogP contribution in [0.4, 0.5) is 8.78 Å². The van der Waals surface area contributed by atoms with Crippen molar-refractivity contribution < 1.29 is 27.8 Å². The van der Waals surface area contributed by atoms with Crippen LogP contribution in [0.3, 0.4) is 0 Å². The first-order chi connectivity index (χ1) is 13.5. The summed E-state index contributed by atoms with van der Waals surface area (Å²) in [4.78, 5) is 24.7. The largest absolute Gasteiger partial charge is 0.457 e. The molecule has 0 bridgehead atoms. The van der Waals surface area contributed by atoms with Gasteiger partial charge in [0.05, 0.1) is 0 Å². The van der Waals surface area contributed by atoms with Gasteiger partial charge in [-0.1, -0.05) is 0 Å². The third kappa shape index (κ3) is 4.12. The molecule has 1 atom stereocenters. The highest BCUT2D eigenvalue weighted by atomic mass is 35.5. The van der Waals surface area contributed by atoms with Crippen molar-refractivity contribution in [3.8, 4) is 11.4 Å². The van der Waals surface area contributed by atoms with Crippen LogP contribution < -0.4 is 4.74 Å². The molecule has 0 amide bonds. The maximum Gasteiger partial charge on any atom is 0.387 e. The second kappa shape index (κ2) is 7.61. The first-order valence-electron chi connectivity index (χ1n) is 8.79. The maximum atomic E-state index is 12.6. The number of esters is 1. The molecule has 0 N–H and O–H groups in total. The molecule has 1 aromatic carbocycles. The van der Waals surface area contributed by atoms with Gasteiger partial charge in [0.15, 0.2) is 6.61 Å². The maximum absolute atomic E-state index is 12.6. The van der Waals surface area contributed by atoms with Crippen molar-refractivity contribution in [2.24, 2.45) is 5.41 Å². The van der Waals surface area contributed by atoms with E-state index in [1.54, 1.807) is 43.5 Å². The lowest BCUT2D eigenvalue weighted by atomic mass is 10.1. The lowest BCUT2D eigenvalue weighted by Crippen LogP contribution is -2.24. The monoisotopic (exact) mass is 445 g/mol. The number of hydrogen-bond acceptors (Lipinski definition) is 4. The molecule has 0 saturated heterocycles. The van der Waals surface area contributed by atoms with Crippen molar-refractivity contribution in [2.45, 2.75) is 38.1 Å². The van der Waals surface area contributed by atoms with E-state index in [0.29, 0.717) is 16.9 Å². The molecule has 1 fully saturated rings. The van der Waals surface area contributed by atoms with Gasteiger partial charge >= 0.3 is 12.6 Å². The van der Waals surface area contributed by atoms with Gasteiger partial charge in [-0.3, -0.25) is 9.59 Å². The van der Waals surface area contributed by atoms with Crippen LogP contribution >= 0.6 is 23.2 Å². The molecule has 0 radical (unpaired) electrons. The summed E-state index contributed by atoms with van der Waals surface area (Å²) in [5.41, 5.74) is 1.46. The van der Waals surface area contributed by atoms with Gasteiger partial charge < -0.3 is 14.0 Å². The highest BCUT2D eigenvalue weighted by molar-refractivity contribution is 6.53. The molecule has 1 heterocycles. The standard InChI is InChI=1S/C20H19Cl2F2NO4/c1-11-8-15(16(26)9-28-17(27)19(3)10-20(19,21)22)12(2)25(11)13-4-6-14(7-5-13)29-18(23)24/h4-8,18H,9-10H2,1-3H3. The Morgan fingerprint density at radius 2 is 1.79 bits per heavy atom. The van der Waals surface area contributed by atoms with Crippen molar-refractivity contribution in [1.82, 2.24) is 4.57 Å². The Bertz CT molecular complexity index is 956. The molecule has 1 aromatic heterocycles. The first kappa shape index (κ1) is 21.6. The summed E-state index contributed by atoms with van der Waals surface area (Å²) in [6.45, 7) is 1.82. The lowest BCUT2D eigenvalue weighted by molar-refractivity contribution is -0.148. The second-order valence-electron chi connectivity index (χ2n) is 7.21. The number of rotatable bonds is 7.